The molecule has 0 radical (unpaired) electrons. The van der Waals surface area contributed by atoms with Crippen molar-refractivity contribution in [1.29, 1.82) is 0 Å². The molecule has 0 saturated carbocycles. The van der Waals surface area contributed by atoms with Crippen LogP contribution in [0, 0.1) is 5.41 Å². The van der Waals surface area contributed by atoms with Crippen LogP contribution in [0.25, 0.3) is 0 Å². The van der Waals surface area contributed by atoms with Crippen molar-refractivity contribution in [2.75, 3.05) is 0 Å². The average Bonchev–Trinajstić information content (AvgIpc) is 2.13. The molecule has 0 heterocycles. The van der Waals surface area contributed by atoms with Gasteiger partial charge in [-0.25, -0.2) is 0 Å². The molecular weight excluding hydrogens is 212 g/mol. The maximum atomic E-state index is 11.6. The summed E-state index contributed by atoms with van der Waals surface area (Å²) in [7, 11) is 0. The number of carbonyl (C=O) groups excluding carboxylic acids is 1. The monoisotopic (exact) mass is 230 g/mol. The van der Waals surface area contributed by atoms with Gasteiger partial charge in [-0.3, -0.25) is 4.79 Å². The summed E-state index contributed by atoms with van der Waals surface area (Å²) >= 11 is 0. The quantitative estimate of drug-likeness (QED) is 0.802. The summed E-state index contributed by atoms with van der Waals surface area (Å²) in [5.41, 5.74) is 2.07. The second-order valence-corrected chi connectivity index (χ2v) is 5.55. The highest BCUT2D eigenvalue weighted by molar-refractivity contribution is 5.92. The first-order valence-corrected chi connectivity index (χ1v) is 5.90. The predicted octanol–water partition coefficient (Wildman–Crippen LogP) is 3.42. The van der Waals surface area contributed by atoms with Crippen molar-refractivity contribution >= 4 is 5.78 Å². The van der Waals surface area contributed by atoms with Gasteiger partial charge in [-0.1, -0.05) is 31.6 Å². The van der Waals surface area contributed by atoms with Gasteiger partial charge in [0.2, 0.25) is 0 Å². The van der Waals surface area contributed by atoms with Gasteiger partial charge < -0.3 is 5.11 Å². The third kappa shape index (κ3) is 2.26. The summed E-state index contributed by atoms with van der Waals surface area (Å²) in [5, 5.41) is 9.57. The maximum Gasteiger partial charge on any atom is 0.156 e. The van der Waals surface area contributed by atoms with E-state index in [1.165, 1.54) is 0 Å². The summed E-state index contributed by atoms with van der Waals surface area (Å²) in [5.74, 6) is 0.680. The van der Waals surface area contributed by atoms with E-state index in [4.69, 9.17) is 0 Å². The Bertz CT molecular complexity index is 483. The molecule has 1 N–H and O–H groups in total. The largest absolute Gasteiger partial charge is 0.508 e. The van der Waals surface area contributed by atoms with Crippen molar-refractivity contribution in [3.8, 4) is 5.75 Å². The van der Waals surface area contributed by atoms with Crippen LogP contribution in [0.1, 0.15) is 38.7 Å². The van der Waals surface area contributed by atoms with Gasteiger partial charge in [0.25, 0.3) is 0 Å². The zero-order chi connectivity index (χ0) is 12.6. The SMILES string of the molecule is CC1=CC(=O)CC(C)(C)C1c1cccc(O)c1. The van der Waals surface area contributed by atoms with Gasteiger partial charge >= 0.3 is 0 Å². The van der Waals surface area contributed by atoms with E-state index in [0.29, 0.717) is 6.42 Å². The second kappa shape index (κ2) is 4.02. The van der Waals surface area contributed by atoms with E-state index >= 15 is 0 Å². The Morgan fingerprint density at radius 1 is 1.35 bits per heavy atom. The lowest BCUT2D eigenvalue weighted by atomic mass is 9.65. The zero-order valence-electron chi connectivity index (χ0n) is 10.5. The fourth-order valence-corrected chi connectivity index (χ4v) is 2.97. The lowest BCUT2D eigenvalue weighted by Crippen LogP contribution is -2.30. The van der Waals surface area contributed by atoms with Crippen molar-refractivity contribution in [3.05, 3.63) is 41.5 Å². The zero-order valence-corrected chi connectivity index (χ0v) is 10.5. The number of phenols is 1. The molecule has 2 nitrogen and oxygen atoms in total. The van der Waals surface area contributed by atoms with Crippen molar-refractivity contribution in [2.24, 2.45) is 5.41 Å². The molecule has 0 fully saturated rings. The minimum atomic E-state index is -0.0935. The normalized spacial score (nSPS) is 23.4. The molecule has 1 aliphatic rings. The number of ketones is 1. The highest BCUT2D eigenvalue weighted by Crippen LogP contribution is 2.46. The molecule has 0 spiro atoms. The highest BCUT2D eigenvalue weighted by Gasteiger charge is 2.37. The second-order valence-electron chi connectivity index (χ2n) is 5.55. The third-order valence-electron chi connectivity index (χ3n) is 3.46. The number of aromatic hydroxyl groups is 1. The van der Waals surface area contributed by atoms with Gasteiger partial charge in [-0.05, 0) is 36.1 Å². The summed E-state index contributed by atoms with van der Waals surface area (Å²) < 4.78 is 0. The Labute approximate surface area is 102 Å². The molecule has 0 amide bonds. The fraction of sp³-hybridized carbons (Fsp3) is 0.400. The van der Waals surface area contributed by atoms with Crippen molar-refractivity contribution < 1.29 is 9.90 Å². The molecule has 1 aromatic carbocycles. The average molecular weight is 230 g/mol. The molecule has 2 rings (SSSR count). The first-order chi connectivity index (χ1) is 7.90. The van der Waals surface area contributed by atoms with Crippen LogP contribution in [0.3, 0.4) is 0 Å². The van der Waals surface area contributed by atoms with Crippen LogP contribution in [-0.4, -0.2) is 10.9 Å². The van der Waals surface area contributed by atoms with Gasteiger partial charge in [0.1, 0.15) is 5.75 Å². The number of hydrogen-bond acceptors (Lipinski definition) is 2. The topological polar surface area (TPSA) is 37.3 Å². The van der Waals surface area contributed by atoms with Gasteiger partial charge in [-0.15, -0.1) is 0 Å². The molecule has 90 valence electrons. The highest BCUT2D eigenvalue weighted by atomic mass is 16.3. The number of carbonyl (C=O) groups is 1. The fourth-order valence-electron chi connectivity index (χ4n) is 2.97. The molecule has 17 heavy (non-hydrogen) atoms. The summed E-state index contributed by atoms with van der Waals surface area (Å²) in [6, 6.07) is 7.33. The van der Waals surface area contributed by atoms with E-state index in [-0.39, 0.29) is 22.9 Å². The minimum Gasteiger partial charge on any atom is -0.508 e. The van der Waals surface area contributed by atoms with E-state index < -0.39 is 0 Å². The van der Waals surface area contributed by atoms with E-state index in [1.54, 1.807) is 18.2 Å². The number of phenolic OH excluding ortho intramolecular Hbond substituents is 1. The molecule has 0 aliphatic heterocycles. The lowest BCUT2D eigenvalue weighted by molar-refractivity contribution is -0.117. The molecule has 1 atom stereocenters. The van der Waals surface area contributed by atoms with E-state index in [1.807, 2.05) is 19.1 Å². The first kappa shape index (κ1) is 11.9. The molecule has 1 aliphatic carbocycles. The lowest BCUT2D eigenvalue weighted by Gasteiger charge is -2.38. The van der Waals surface area contributed by atoms with Crippen molar-refractivity contribution in [3.63, 3.8) is 0 Å². The Balaban J connectivity index is 2.49. The Morgan fingerprint density at radius 3 is 2.65 bits per heavy atom. The molecule has 0 saturated heterocycles. The van der Waals surface area contributed by atoms with Crippen LogP contribution >= 0.6 is 0 Å². The van der Waals surface area contributed by atoms with Crippen LogP contribution in [0.2, 0.25) is 0 Å². The molecule has 0 bridgehead atoms. The number of hydrogen-bond donors (Lipinski definition) is 1. The van der Waals surface area contributed by atoms with E-state index in [0.717, 1.165) is 11.1 Å². The molecular formula is C15H18O2. The molecule has 0 aromatic heterocycles. The number of benzene rings is 1. The van der Waals surface area contributed by atoms with Crippen LogP contribution < -0.4 is 0 Å². The van der Waals surface area contributed by atoms with Crippen LogP contribution in [0.4, 0.5) is 0 Å². The predicted molar refractivity (Wildman–Crippen MR) is 68.0 cm³/mol. The minimum absolute atomic E-state index is 0.0935. The van der Waals surface area contributed by atoms with Crippen LogP contribution in [0.5, 0.6) is 5.75 Å². The van der Waals surface area contributed by atoms with E-state index in [9.17, 15) is 9.90 Å². The van der Waals surface area contributed by atoms with Gasteiger partial charge in [-0.2, -0.15) is 0 Å². The van der Waals surface area contributed by atoms with Crippen molar-refractivity contribution in [2.45, 2.75) is 33.1 Å². The van der Waals surface area contributed by atoms with Crippen LogP contribution in [-0.2, 0) is 4.79 Å². The number of rotatable bonds is 1. The Hall–Kier alpha value is -1.57. The van der Waals surface area contributed by atoms with Gasteiger partial charge in [0, 0.05) is 12.3 Å². The smallest absolute Gasteiger partial charge is 0.156 e. The summed E-state index contributed by atoms with van der Waals surface area (Å²) in [6.07, 6.45) is 2.30. The Kier molecular flexibility index (Phi) is 2.82. The van der Waals surface area contributed by atoms with Crippen molar-refractivity contribution in [1.82, 2.24) is 0 Å². The molecule has 2 heteroatoms. The first-order valence-electron chi connectivity index (χ1n) is 5.90. The van der Waals surface area contributed by atoms with Crippen LogP contribution in [0.15, 0.2) is 35.9 Å². The maximum absolute atomic E-state index is 11.6. The standard InChI is InChI=1S/C15H18O2/c1-10-7-13(17)9-15(2,3)14(10)11-5-4-6-12(16)8-11/h4-8,14,16H,9H2,1-3H3. The molecule has 1 aromatic rings. The van der Waals surface area contributed by atoms with Gasteiger partial charge in [0.15, 0.2) is 5.78 Å². The third-order valence-corrected chi connectivity index (χ3v) is 3.46. The summed E-state index contributed by atoms with van der Waals surface area (Å²) in [4.78, 5) is 11.6. The Morgan fingerprint density at radius 2 is 2.06 bits per heavy atom. The molecule has 1 unspecified atom stereocenters. The van der Waals surface area contributed by atoms with E-state index in [2.05, 4.69) is 13.8 Å². The number of allylic oxidation sites excluding steroid dienone is 2. The van der Waals surface area contributed by atoms with Gasteiger partial charge in [0.05, 0.1) is 0 Å². The summed E-state index contributed by atoms with van der Waals surface area (Å²) in [6.45, 7) is 6.21.